The Morgan fingerprint density at radius 1 is 1.35 bits per heavy atom. The number of carbonyl (C=O) groups excluding carboxylic acids is 1. The van der Waals surface area contributed by atoms with Crippen LogP contribution in [-0.2, 0) is 24.3 Å². The van der Waals surface area contributed by atoms with Crippen LogP contribution in [0.3, 0.4) is 0 Å². The normalized spacial score (nSPS) is 14.2. The quantitative estimate of drug-likeness (QED) is 0.939. The number of carbonyl (C=O) groups is 1. The van der Waals surface area contributed by atoms with E-state index < -0.39 is 5.91 Å². The Kier molecular flexibility index (Phi) is 4.27. The fraction of sp³-hybridized carbons (Fsp3) is 0.438. The summed E-state index contributed by atoms with van der Waals surface area (Å²) in [6.45, 7) is 2.13. The van der Waals surface area contributed by atoms with Gasteiger partial charge in [0.15, 0.2) is 0 Å². The predicted octanol–water partition coefficient (Wildman–Crippen LogP) is 1.86. The number of nitrogens with one attached hydrogen (secondary N) is 1. The monoisotopic (exact) mass is 318 g/mol. The largest absolute Gasteiger partial charge is 0.346 e. The third-order valence-electron chi connectivity index (χ3n) is 4.03. The summed E-state index contributed by atoms with van der Waals surface area (Å²) in [6.07, 6.45) is 3.80. The smallest absolute Gasteiger partial charge is 0.324 e. The zero-order valence-corrected chi connectivity index (χ0v) is 13.0. The number of nitrogens with zero attached hydrogens (tertiary/aromatic N) is 3. The number of rotatable bonds is 3. The Bertz CT molecular complexity index is 794. The van der Waals surface area contributed by atoms with Gasteiger partial charge in [0, 0.05) is 18.7 Å². The van der Waals surface area contributed by atoms with Gasteiger partial charge in [-0.05, 0) is 37.5 Å². The van der Waals surface area contributed by atoms with Crippen molar-refractivity contribution in [3.63, 3.8) is 0 Å². The molecular weight excluding hydrogens is 299 g/mol. The summed E-state index contributed by atoms with van der Waals surface area (Å²) in [7, 11) is 0. The summed E-state index contributed by atoms with van der Waals surface area (Å²) in [6, 6.07) is 4.48. The molecule has 0 atom stereocenters. The average Bonchev–Trinajstić information content (AvgIpc) is 2.68. The molecule has 0 fully saturated rings. The van der Waals surface area contributed by atoms with Crippen molar-refractivity contribution in [3.8, 4) is 0 Å². The van der Waals surface area contributed by atoms with Gasteiger partial charge in [0.05, 0.1) is 0 Å². The van der Waals surface area contributed by atoms with Crippen LogP contribution in [-0.4, -0.2) is 20.3 Å². The van der Waals surface area contributed by atoms with E-state index in [1.54, 1.807) is 23.6 Å². The summed E-state index contributed by atoms with van der Waals surface area (Å²) in [4.78, 5) is 24.3. The lowest BCUT2D eigenvalue weighted by Crippen LogP contribution is -2.30. The first kappa shape index (κ1) is 15.5. The molecule has 122 valence electrons. The van der Waals surface area contributed by atoms with Crippen LogP contribution in [0.4, 0.5) is 10.1 Å². The Labute approximate surface area is 132 Å². The van der Waals surface area contributed by atoms with E-state index in [0.29, 0.717) is 17.8 Å². The molecule has 0 aliphatic carbocycles. The Balaban J connectivity index is 1.73. The number of hydrogen-bond acceptors (Lipinski definition) is 3. The minimum atomic E-state index is -0.399. The van der Waals surface area contributed by atoms with Crippen molar-refractivity contribution in [2.75, 3.05) is 5.32 Å². The number of aryl methyl sites for hydroxylation is 2. The second-order valence-corrected chi connectivity index (χ2v) is 5.83. The number of halogens is 1. The van der Waals surface area contributed by atoms with E-state index >= 15 is 0 Å². The molecule has 2 heterocycles. The van der Waals surface area contributed by atoms with E-state index in [1.807, 2.05) is 0 Å². The number of anilines is 1. The molecule has 0 spiro atoms. The van der Waals surface area contributed by atoms with Crippen LogP contribution >= 0.6 is 0 Å². The molecule has 0 saturated carbocycles. The molecule has 1 aliphatic rings. The van der Waals surface area contributed by atoms with Crippen molar-refractivity contribution in [1.82, 2.24) is 14.3 Å². The molecule has 2 aromatic rings. The van der Waals surface area contributed by atoms with Crippen molar-refractivity contribution >= 4 is 11.6 Å². The molecule has 0 saturated heterocycles. The van der Waals surface area contributed by atoms with Gasteiger partial charge in [0.25, 0.3) is 0 Å². The van der Waals surface area contributed by atoms with Gasteiger partial charge in [-0.15, -0.1) is 0 Å². The Morgan fingerprint density at radius 2 is 2.17 bits per heavy atom. The minimum absolute atomic E-state index is 0.172. The lowest BCUT2D eigenvalue weighted by atomic mass is 10.2. The van der Waals surface area contributed by atoms with Crippen LogP contribution in [0.25, 0.3) is 0 Å². The number of amides is 1. The van der Waals surface area contributed by atoms with Crippen molar-refractivity contribution in [3.05, 3.63) is 45.9 Å². The number of hydrogen-bond donors (Lipinski definition) is 1. The summed E-state index contributed by atoms with van der Waals surface area (Å²) in [5.41, 5.74) is 0.621. The summed E-state index contributed by atoms with van der Waals surface area (Å²) < 4.78 is 16.3. The van der Waals surface area contributed by atoms with Gasteiger partial charge in [0.1, 0.15) is 18.2 Å². The standard InChI is InChI=1S/C16H19FN4O2/c1-11-6-7-12(9-13(11)17)18-15(22)10-21-16(23)20-8-4-2-3-5-14(20)19-21/h6-7,9H,2-5,8,10H2,1H3,(H,18,22). The number of benzene rings is 1. The zero-order valence-electron chi connectivity index (χ0n) is 13.0. The summed E-state index contributed by atoms with van der Waals surface area (Å²) in [5.74, 6) is -0.0426. The fourth-order valence-corrected chi connectivity index (χ4v) is 2.74. The molecule has 7 heteroatoms. The van der Waals surface area contributed by atoms with E-state index in [4.69, 9.17) is 0 Å². The topological polar surface area (TPSA) is 68.9 Å². The average molecular weight is 318 g/mol. The van der Waals surface area contributed by atoms with Gasteiger partial charge in [-0.1, -0.05) is 12.5 Å². The maximum absolute atomic E-state index is 13.5. The third kappa shape index (κ3) is 3.33. The van der Waals surface area contributed by atoms with E-state index in [2.05, 4.69) is 10.4 Å². The highest BCUT2D eigenvalue weighted by atomic mass is 19.1. The van der Waals surface area contributed by atoms with Crippen LogP contribution < -0.4 is 11.0 Å². The Morgan fingerprint density at radius 3 is 2.96 bits per heavy atom. The minimum Gasteiger partial charge on any atom is -0.324 e. The predicted molar refractivity (Wildman–Crippen MR) is 83.8 cm³/mol. The zero-order chi connectivity index (χ0) is 16.4. The molecule has 1 aliphatic heterocycles. The maximum atomic E-state index is 13.5. The van der Waals surface area contributed by atoms with Crippen molar-refractivity contribution in [2.24, 2.45) is 0 Å². The van der Waals surface area contributed by atoms with Crippen molar-refractivity contribution in [1.29, 1.82) is 0 Å². The molecule has 0 unspecified atom stereocenters. The van der Waals surface area contributed by atoms with Gasteiger partial charge in [-0.2, -0.15) is 5.10 Å². The van der Waals surface area contributed by atoms with Gasteiger partial charge in [-0.3, -0.25) is 9.36 Å². The molecule has 3 rings (SSSR count). The lowest BCUT2D eigenvalue weighted by Gasteiger charge is -2.06. The third-order valence-corrected chi connectivity index (χ3v) is 4.03. The van der Waals surface area contributed by atoms with Crippen LogP contribution in [0.5, 0.6) is 0 Å². The number of fused-ring (bicyclic) bond motifs is 1. The highest BCUT2D eigenvalue weighted by Gasteiger charge is 2.17. The second-order valence-electron chi connectivity index (χ2n) is 5.83. The molecule has 1 amide bonds. The molecule has 1 aromatic heterocycles. The van der Waals surface area contributed by atoms with Crippen LogP contribution in [0.2, 0.25) is 0 Å². The van der Waals surface area contributed by atoms with Crippen LogP contribution in [0, 0.1) is 12.7 Å². The summed E-state index contributed by atoms with van der Waals surface area (Å²) in [5, 5.41) is 6.85. The van der Waals surface area contributed by atoms with E-state index in [0.717, 1.165) is 31.5 Å². The first-order valence-corrected chi connectivity index (χ1v) is 7.77. The van der Waals surface area contributed by atoms with E-state index in [9.17, 15) is 14.0 Å². The summed E-state index contributed by atoms with van der Waals surface area (Å²) >= 11 is 0. The van der Waals surface area contributed by atoms with Gasteiger partial charge < -0.3 is 5.32 Å². The van der Waals surface area contributed by atoms with Crippen LogP contribution in [0.15, 0.2) is 23.0 Å². The molecule has 1 aromatic carbocycles. The molecule has 0 bridgehead atoms. The van der Waals surface area contributed by atoms with Crippen LogP contribution in [0.1, 0.15) is 30.7 Å². The molecule has 23 heavy (non-hydrogen) atoms. The highest BCUT2D eigenvalue weighted by molar-refractivity contribution is 5.90. The first-order chi connectivity index (χ1) is 11.0. The number of aromatic nitrogens is 3. The maximum Gasteiger partial charge on any atom is 0.346 e. The van der Waals surface area contributed by atoms with Gasteiger partial charge in [0.2, 0.25) is 5.91 Å². The highest BCUT2D eigenvalue weighted by Crippen LogP contribution is 2.14. The molecule has 0 radical (unpaired) electrons. The van der Waals surface area contributed by atoms with Gasteiger partial charge >= 0.3 is 5.69 Å². The fourth-order valence-electron chi connectivity index (χ4n) is 2.74. The SMILES string of the molecule is Cc1ccc(NC(=O)Cn2nc3n(c2=O)CCCCC3)cc1F. The first-order valence-electron chi connectivity index (χ1n) is 7.77. The molecule has 6 nitrogen and oxygen atoms in total. The molecular formula is C16H19FN4O2. The van der Waals surface area contributed by atoms with E-state index in [1.165, 1.54) is 10.7 Å². The molecule has 1 N–H and O–H groups in total. The van der Waals surface area contributed by atoms with E-state index in [-0.39, 0.29) is 18.1 Å². The van der Waals surface area contributed by atoms with Gasteiger partial charge in [-0.25, -0.2) is 13.9 Å². The Hall–Kier alpha value is -2.44. The van der Waals surface area contributed by atoms with Crippen molar-refractivity contribution in [2.45, 2.75) is 45.7 Å². The lowest BCUT2D eigenvalue weighted by molar-refractivity contribution is -0.117. The second kappa shape index (κ2) is 6.36. The van der Waals surface area contributed by atoms with Crippen molar-refractivity contribution < 1.29 is 9.18 Å².